The fourth-order valence-electron chi connectivity index (χ4n) is 5.99. The van der Waals surface area contributed by atoms with Gasteiger partial charge in [0, 0.05) is 10.9 Å². The summed E-state index contributed by atoms with van der Waals surface area (Å²) in [6.07, 6.45) is 5.86. The van der Waals surface area contributed by atoms with Gasteiger partial charge in [-0.2, -0.15) is 0 Å². The van der Waals surface area contributed by atoms with E-state index in [0.717, 1.165) is 27.9 Å². The molecule has 0 saturated heterocycles. The fourth-order valence-corrected chi connectivity index (χ4v) is 5.99. The molecule has 190 valence electrons. The summed E-state index contributed by atoms with van der Waals surface area (Å²) < 4.78 is 6.06. The highest BCUT2D eigenvalue weighted by Crippen LogP contribution is 2.44. The molecule has 1 nitrogen and oxygen atoms in total. The lowest BCUT2D eigenvalue weighted by Crippen LogP contribution is -1.90. The molecular weight excluding hydrogens is 484 g/mol. The number of hydrogen-bond donors (Lipinski definition) is 0. The Hall–Kier alpha value is -5.14. The largest absolute Gasteiger partial charge is 0.456 e. The molecule has 0 spiro atoms. The number of allylic oxidation sites excluding steroid dienone is 1. The van der Waals surface area contributed by atoms with Crippen LogP contribution in [0.2, 0.25) is 0 Å². The van der Waals surface area contributed by atoms with Gasteiger partial charge in [-0.05, 0) is 80.1 Å². The fraction of sp³-hybridized carbons (Fsp3) is 0.0256. The van der Waals surface area contributed by atoms with Gasteiger partial charge >= 0.3 is 0 Å². The Morgan fingerprint density at radius 3 is 1.57 bits per heavy atom. The van der Waals surface area contributed by atoms with Crippen molar-refractivity contribution in [3.8, 4) is 33.4 Å². The van der Waals surface area contributed by atoms with Gasteiger partial charge in [-0.1, -0.05) is 128 Å². The summed E-state index contributed by atoms with van der Waals surface area (Å²) in [5.74, 6) is 0.845. The molecule has 0 saturated carbocycles. The Kier molecular flexibility index (Phi) is 5.91. The van der Waals surface area contributed by atoms with Crippen LogP contribution in [0.1, 0.15) is 18.2 Å². The van der Waals surface area contributed by atoms with Crippen molar-refractivity contribution in [3.05, 3.63) is 145 Å². The number of furan rings is 1. The lowest BCUT2D eigenvalue weighted by atomic mass is 9.86. The Bertz CT molecular complexity index is 2000. The average Bonchev–Trinajstić information content (AvgIpc) is 3.36. The van der Waals surface area contributed by atoms with Crippen molar-refractivity contribution in [2.24, 2.45) is 0 Å². The normalized spacial score (nSPS) is 11.6. The first kappa shape index (κ1) is 23.9. The van der Waals surface area contributed by atoms with Crippen LogP contribution in [-0.2, 0) is 0 Å². The van der Waals surface area contributed by atoms with Crippen molar-refractivity contribution >= 4 is 44.7 Å². The van der Waals surface area contributed by atoms with Crippen molar-refractivity contribution in [2.75, 3.05) is 0 Å². The molecule has 0 amide bonds. The Morgan fingerprint density at radius 1 is 0.525 bits per heavy atom. The van der Waals surface area contributed by atoms with Gasteiger partial charge in [0.1, 0.15) is 11.3 Å². The molecule has 0 N–H and O–H groups in total. The van der Waals surface area contributed by atoms with E-state index < -0.39 is 0 Å². The molecule has 1 aromatic heterocycles. The third kappa shape index (κ3) is 3.87. The molecule has 6 aromatic carbocycles. The first-order valence-electron chi connectivity index (χ1n) is 13.7. The van der Waals surface area contributed by atoms with Crippen LogP contribution in [0.15, 0.2) is 138 Å². The van der Waals surface area contributed by atoms with Crippen LogP contribution in [0.25, 0.3) is 78.0 Å². The highest BCUT2D eigenvalue weighted by Gasteiger charge is 2.16. The van der Waals surface area contributed by atoms with Crippen LogP contribution < -0.4 is 0 Å². The maximum atomic E-state index is 6.06. The minimum Gasteiger partial charge on any atom is -0.456 e. The molecule has 0 aliphatic rings. The zero-order valence-corrected chi connectivity index (χ0v) is 22.4. The summed E-state index contributed by atoms with van der Waals surface area (Å²) in [5, 5.41) is 6.15. The summed E-state index contributed by atoms with van der Waals surface area (Å²) in [4.78, 5) is 0. The standard InChI is InChI=1S/C39H28O/c1-3-12-36-30(4-2)35-25-29(23-24-37(35)40-36)26-19-21-28(22-20-26)39-33-17-10-8-15-31(33)38(27-13-6-5-7-14-27)32-16-9-11-18-34(32)39/h3-25H,2H2,1H3/b12-3-. The van der Waals surface area contributed by atoms with Crippen molar-refractivity contribution < 1.29 is 4.42 Å². The summed E-state index contributed by atoms with van der Waals surface area (Å²) >= 11 is 0. The lowest BCUT2D eigenvalue weighted by Gasteiger charge is -2.18. The number of hydrogen-bond acceptors (Lipinski definition) is 1. The third-order valence-corrected chi connectivity index (χ3v) is 7.78. The maximum absolute atomic E-state index is 6.06. The van der Waals surface area contributed by atoms with Crippen LogP contribution in [-0.4, -0.2) is 0 Å². The van der Waals surface area contributed by atoms with Crippen molar-refractivity contribution in [2.45, 2.75) is 6.92 Å². The zero-order valence-electron chi connectivity index (χ0n) is 22.4. The Labute approximate surface area is 234 Å². The van der Waals surface area contributed by atoms with E-state index in [1.165, 1.54) is 49.4 Å². The van der Waals surface area contributed by atoms with E-state index >= 15 is 0 Å². The summed E-state index contributed by atoms with van der Waals surface area (Å²) in [6.45, 7) is 6.02. The van der Waals surface area contributed by atoms with E-state index in [-0.39, 0.29) is 0 Å². The summed E-state index contributed by atoms with van der Waals surface area (Å²) in [6, 6.07) is 43.7. The van der Waals surface area contributed by atoms with Crippen LogP contribution in [0, 0.1) is 0 Å². The minimum absolute atomic E-state index is 0.845. The van der Waals surface area contributed by atoms with Crippen LogP contribution in [0.4, 0.5) is 0 Å². The predicted molar refractivity (Wildman–Crippen MR) is 172 cm³/mol. The maximum Gasteiger partial charge on any atom is 0.135 e. The first-order chi connectivity index (χ1) is 19.8. The van der Waals surface area contributed by atoms with E-state index in [1.54, 1.807) is 0 Å². The Morgan fingerprint density at radius 2 is 1.02 bits per heavy atom. The van der Waals surface area contributed by atoms with Crippen molar-refractivity contribution in [1.82, 2.24) is 0 Å². The van der Waals surface area contributed by atoms with Gasteiger partial charge in [-0.3, -0.25) is 0 Å². The molecule has 1 heteroatoms. The Balaban J connectivity index is 1.40. The first-order valence-corrected chi connectivity index (χ1v) is 13.7. The molecule has 0 radical (unpaired) electrons. The number of benzene rings is 6. The van der Waals surface area contributed by atoms with Gasteiger partial charge in [0.25, 0.3) is 0 Å². The molecule has 0 fully saturated rings. The molecule has 0 bridgehead atoms. The van der Waals surface area contributed by atoms with E-state index in [1.807, 2.05) is 25.2 Å². The van der Waals surface area contributed by atoms with Gasteiger partial charge in [0.05, 0.1) is 0 Å². The second-order valence-electron chi connectivity index (χ2n) is 10.1. The van der Waals surface area contributed by atoms with Crippen molar-refractivity contribution in [3.63, 3.8) is 0 Å². The molecular formula is C39H28O. The van der Waals surface area contributed by atoms with Crippen LogP contribution >= 0.6 is 0 Å². The average molecular weight is 513 g/mol. The van der Waals surface area contributed by atoms with Crippen LogP contribution in [0.5, 0.6) is 0 Å². The monoisotopic (exact) mass is 512 g/mol. The molecule has 7 aromatic rings. The lowest BCUT2D eigenvalue weighted by molar-refractivity contribution is 0.603. The molecule has 0 aliphatic carbocycles. The topological polar surface area (TPSA) is 13.1 Å². The molecule has 1 heterocycles. The SMILES string of the molecule is C=Cc1c(/C=C\C)oc2ccc(-c3ccc(-c4c5ccccc5c(-c5ccccc5)c5ccccc45)cc3)cc12. The van der Waals surface area contributed by atoms with Gasteiger partial charge in [0.15, 0.2) is 0 Å². The molecule has 0 atom stereocenters. The van der Waals surface area contributed by atoms with E-state index in [4.69, 9.17) is 4.42 Å². The smallest absolute Gasteiger partial charge is 0.135 e. The number of rotatable bonds is 5. The van der Waals surface area contributed by atoms with E-state index in [0.29, 0.717) is 0 Å². The van der Waals surface area contributed by atoms with Gasteiger partial charge in [0.2, 0.25) is 0 Å². The zero-order chi connectivity index (χ0) is 27.1. The minimum atomic E-state index is 0.845. The predicted octanol–water partition coefficient (Wildman–Crippen LogP) is 11.4. The third-order valence-electron chi connectivity index (χ3n) is 7.78. The number of fused-ring (bicyclic) bond motifs is 3. The molecule has 7 rings (SSSR count). The van der Waals surface area contributed by atoms with Gasteiger partial charge < -0.3 is 4.42 Å². The molecule has 0 unspecified atom stereocenters. The quantitative estimate of drug-likeness (QED) is 0.209. The van der Waals surface area contributed by atoms with E-state index in [2.05, 4.69) is 128 Å². The van der Waals surface area contributed by atoms with Crippen LogP contribution in [0.3, 0.4) is 0 Å². The summed E-state index contributed by atoms with van der Waals surface area (Å²) in [7, 11) is 0. The second kappa shape index (κ2) is 9.87. The highest BCUT2D eigenvalue weighted by molar-refractivity contribution is 6.21. The molecule has 0 aliphatic heterocycles. The van der Waals surface area contributed by atoms with Gasteiger partial charge in [-0.15, -0.1) is 0 Å². The highest BCUT2D eigenvalue weighted by atomic mass is 16.3. The van der Waals surface area contributed by atoms with E-state index in [9.17, 15) is 0 Å². The molecule has 40 heavy (non-hydrogen) atoms. The summed E-state index contributed by atoms with van der Waals surface area (Å²) in [5.41, 5.74) is 9.24. The van der Waals surface area contributed by atoms with Crippen molar-refractivity contribution in [1.29, 1.82) is 0 Å². The van der Waals surface area contributed by atoms with Gasteiger partial charge in [-0.25, -0.2) is 0 Å². The second-order valence-corrected chi connectivity index (χ2v) is 10.1.